The van der Waals surface area contributed by atoms with Gasteiger partial charge in [-0.1, -0.05) is 47.5 Å². The number of benzene rings is 3. The fraction of sp³-hybridized carbons (Fsp3) is 0.389. The molecule has 6 rings (SSSR count). The first-order valence-corrected chi connectivity index (χ1v) is 17.1. The maximum absolute atomic E-state index is 14.9. The van der Waals surface area contributed by atoms with Crippen molar-refractivity contribution in [2.24, 2.45) is 4.99 Å². The Morgan fingerprint density at radius 3 is 2.10 bits per heavy atom. The summed E-state index contributed by atoms with van der Waals surface area (Å²) in [6.07, 6.45) is 0. The predicted molar refractivity (Wildman–Crippen MR) is 194 cm³/mol. The number of methoxy groups -OCH3 is 1. The summed E-state index contributed by atoms with van der Waals surface area (Å²) < 4.78 is 17.0. The van der Waals surface area contributed by atoms with Gasteiger partial charge in [-0.05, 0) is 48.4 Å². The number of urea groups is 1. The van der Waals surface area contributed by atoms with E-state index in [1.165, 1.54) is 7.11 Å². The number of piperazine rings is 1. The molecule has 0 aliphatic carbocycles. The van der Waals surface area contributed by atoms with Crippen molar-refractivity contribution in [3.05, 3.63) is 93.0 Å². The Labute approximate surface area is 308 Å². The summed E-state index contributed by atoms with van der Waals surface area (Å²) in [5.74, 6) is 1.24. The number of carbonyl (C=O) groups excluding carboxylic acids is 2. The lowest BCUT2D eigenvalue weighted by Crippen LogP contribution is -2.56. The van der Waals surface area contributed by atoms with Crippen molar-refractivity contribution in [1.82, 2.24) is 19.6 Å². The topological polar surface area (TPSA) is 111 Å². The third-order valence-electron chi connectivity index (χ3n) is 9.02. The molecule has 3 aromatic rings. The Bertz CT molecular complexity index is 1740. The molecule has 3 aromatic carbocycles. The van der Waals surface area contributed by atoms with E-state index in [1.807, 2.05) is 36.1 Å². The number of nitriles is 1. The first-order valence-electron chi connectivity index (χ1n) is 16.3. The number of morpholine rings is 1. The molecule has 3 aliphatic rings. The van der Waals surface area contributed by atoms with Gasteiger partial charge in [-0.15, -0.1) is 12.4 Å². The van der Waals surface area contributed by atoms with Gasteiger partial charge in [0.1, 0.15) is 29.4 Å². The van der Waals surface area contributed by atoms with E-state index in [-0.39, 0.29) is 29.9 Å². The molecule has 3 aliphatic heterocycles. The zero-order valence-corrected chi connectivity index (χ0v) is 30.2. The Morgan fingerprint density at radius 1 is 0.900 bits per heavy atom. The van der Waals surface area contributed by atoms with Crippen molar-refractivity contribution in [1.29, 1.82) is 5.26 Å². The third-order valence-corrected chi connectivity index (χ3v) is 9.53. The molecule has 3 heterocycles. The summed E-state index contributed by atoms with van der Waals surface area (Å²) in [5, 5.41) is 11.2. The van der Waals surface area contributed by atoms with Crippen LogP contribution in [0.25, 0.3) is 0 Å². The number of ether oxygens (including phenoxy) is 3. The quantitative estimate of drug-likeness (QED) is 0.286. The van der Waals surface area contributed by atoms with E-state index >= 15 is 0 Å². The smallest absolute Gasteiger partial charge is 0.326 e. The first-order chi connectivity index (χ1) is 23.8. The van der Waals surface area contributed by atoms with Crippen molar-refractivity contribution >= 4 is 53.4 Å². The van der Waals surface area contributed by atoms with Gasteiger partial charge in [-0.25, -0.2) is 4.79 Å². The van der Waals surface area contributed by atoms with Gasteiger partial charge in [0.2, 0.25) is 5.91 Å². The summed E-state index contributed by atoms with van der Waals surface area (Å²) in [7, 11) is 1.50. The number of nitrogens with zero attached hydrogens (tertiary/aromatic N) is 6. The Balaban J connectivity index is 0.00000486. The van der Waals surface area contributed by atoms with Crippen LogP contribution in [0, 0.1) is 11.3 Å². The van der Waals surface area contributed by atoms with Crippen molar-refractivity contribution in [2.45, 2.75) is 19.0 Å². The van der Waals surface area contributed by atoms with Crippen LogP contribution in [-0.2, 0) is 9.53 Å². The number of carbonyl (C=O) groups is 2. The fourth-order valence-corrected chi connectivity index (χ4v) is 6.73. The summed E-state index contributed by atoms with van der Waals surface area (Å²) in [5.41, 5.74) is 2.47. The Hall–Kier alpha value is -4.05. The maximum atomic E-state index is 14.9. The molecule has 2 saturated heterocycles. The zero-order valence-electron chi connectivity index (χ0n) is 27.9. The van der Waals surface area contributed by atoms with Crippen LogP contribution in [0.3, 0.4) is 0 Å². The van der Waals surface area contributed by atoms with Gasteiger partial charge in [0.15, 0.2) is 0 Å². The van der Waals surface area contributed by atoms with E-state index < -0.39 is 12.1 Å². The predicted octanol–water partition coefficient (Wildman–Crippen LogP) is 5.84. The highest BCUT2D eigenvalue weighted by Crippen LogP contribution is 2.46. The van der Waals surface area contributed by atoms with Crippen LogP contribution in [0.4, 0.5) is 4.79 Å². The van der Waals surface area contributed by atoms with Gasteiger partial charge in [0.25, 0.3) is 0 Å². The number of amidine groups is 1. The summed E-state index contributed by atoms with van der Waals surface area (Å²) >= 11 is 12.6. The molecule has 14 heteroatoms. The van der Waals surface area contributed by atoms with E-state index in [2.05, 4.69) is 11.0 Å². The van der Waals surface area contributed by atoms with E-state index in [0.717, 1.165) is 11.1 Å². The Morgan fingerprint density at radius 2 is 1.52 bits per heavy atom. The number of hydrogen-bond acceptors (Lipinski definition) is 8. The summed E-state index contributed by atoms with van der Waals surface area (Å²) in [6.45, 7) is 6.72. The van der Waals surface area contributed by atoms with E-state index in [1.54, 1.807) is 46.2 Å². The fourth-order valence-electron chi connectivity index (χ4n) is 6.48. The van der Waals surface area contributed by atoms with Gasteiger partial charge in [0.05, 0.1) is 50.6 Å². The van der Waals surface area contributed by atoms with Gasteiger partial charge in [-0.2, -0.15) is 5.26 Å². The molecule has 264 valence electrons. The normalized spacial score (nSPS) is 19.3. The molecule has 0 aromatic heterocycles. The van der Waals surface area contributed by atoms with Crippen LogP contribution < -0.4 is 9.47 Å². The molecule has 0 saturated carbocycles. The van der Waals surface area contributed by atoms with Gasteiger partial charge < -0.3 is 24.0 Å². The van der Waals surface area contributed by atoms with Gasteiger partial charge in [-0.3, -0.25) is 19.6 Å². The number of hydrogen-bond donors (Lipinski definition) is 0. The van der Waals surface area contributed by atoms with Crippen LogP contribution in [0.1, 0.15) is 41.3 Å². The summed E-state index contributed by atoms with van der Waals surface area (Å²) in [6, 6.07) is 19.0. The third kappa shape index (κ3) is 7.96. The van der Waals surface area contributed by atoms with Crippen LogP contribution >= 0.6 is 35.6 Å². The minimum atomic E-state index is -0.566. The molecule has 0 spiro atoms. The Kier molecular flexibility index (Phi) is 12.5. The molecule has 11 nitrogen and oxygen atoms in total. The second kappa shape index (κ2) is 16.8. The van der Waals surface area contributed by atoms with Crippen LogP contribution in [0.2, 0.25) is 10.0 Å². The van der Waals surface area contributed by atoms with E-state index in [4.69, 9.17) is 42.4 Å². The lowest BCUT2D eigenvalue weighted by atomic mass is 9.93. The minimum Gasteiger partial charge on any atom is -0.495 e. The van der Waals surface area contributed by atoms with E-state index in [0.29, 0.717) is 98.6 Å². The molecule has 0 radical (unpaired) electrons. The van der Waals surface area contributed by atoms with Gasteiger partial charge >= 0.3 is 6.03 Å². The molecule has 3 amide bonds. The number of halogens is 3. The van der Waals surface area contributed by atoms with Crippen LogP contribution in [0.5, 0.6) is 11.5 Å². The molecule has 0 bridgehead atoms. The van der Waals surface area contributed by atoms with Crippen molar-refractivity contribution in [3.8, 4) is 17.6 Å². The second-order valence-corrected chi connectivity index (χ2v) is 12.8. The lowest BCUT2D eigenvalue weighted by molar-refractivity contribution is -0.136. The zero-order chi connectivity index (χ0) is 34.5. The summed E-state index contributed by atoms with van der Waals surface area (Å²) in [4.78, 5) is 40.5. The van der Waals surface area contributed by atoms with Crippen molar-refractivity contribution in [2.75, 3.05) is 72.7 Å². The molecule has 50 heavy (non-hydrogen) atoms. The van der Waals surface area contributed by atoms with Crippen molar-refractivity contribution < 1.29 is 23.8 Å². The molecule has 0 N–H and O–H groups in total. The average molecular weight is 742 g/mol. The first kappa shape index (κ1) is 37.2. The molecular weight excluding hydrogens is 703 g/mol. The number of rotatable bonds is 8. The molecule has 2 atom stereocenters. The average Bonchev–Trinajstić information content (AvgIpc) is 3.53. The lowest BCUT2D eigenvalue weighted by Gasteiger charge is -2.39. The van der Waals surface area contributed by atoms with Crippen LogP contribution in [0.15, 0.2) is 65.7 Å². The maximum Gasteiger partial charge on any atom is 0.326 e. The highest BCUT2D eigenvalue weighted by atomic mass is 35.5. The largest absolute Gasteiger partial charge is 0.495 e. The SMILES string of the molecule is CCOc1cc(OC)c(C#N)cc1C1=NC(c2ccc(Cl)cc2)C(c2ccc(Cl)cc2)N1C(=O)N1CCN(CC(=O)N2CCOCC2)CC1.Cl. The molecule has 2 unspecified atom stereocenters. The standard InChI is InChI=1S/C36H38Cl2N6O5.ClH/c1-3-49-31-21-30(47-2)26(22-39)20-29(31)35-40-33(24-4-8-27(37)9-5-24)34(25-6-10-28(38)11-7-25)44(35)36(46)43-14-12-41(13-15-43)23-32(45)42-16-18-48-19-17-42;/h4-11,20-21,33-34H,3,12-19,23H2,1-2H3;1H. The molecular formula is C36H39Cl3N6O5. The monoisotopic (exact) mass is 740 g/mol. The van der Waals surface area contributed by atoms with Crippen molar-refractivity contribution in [3.63, 3.8) is 0 Å². The number of aliphatic imine (C=N–C) groups is 1. The van der Waals surface area contributed by atoms with Gasteiger partial charge in [0, 0.05) is 55.4 Å². The van der Waals surface area contributed by atoms with E-state index in [9.17, 15) is 14.9 Å². The second-order valence-electron chi connectivity index (χ2n) is 11.9. The minimum absolute atomic E-state index is 0. The molecule has 2 fully saturated rings. The highest BCUT2D eigenvalue weighted by Gasteiger charge is 2.45. The number of amides is 3. The highest BCUT2D eigenvalue weighted by molar-refractivity contribution is 6.30. The van der Waals surface area contributed by atoms with Crippen LogP contribution in [-0.4, -0.2) is 110 Å².